The van der Waals surface area contributed by atoms with E-state index in [-0.39, 0.29) is 5.82 Å². The molecular weight excluding hydrogens is 317 g/mol. The fraction of sp³-hybridized carbons (Fsp3) is 0. The molecule has 0 atom stereocenters. The van der Waals surface area contributed by atoms with E-state index in [0.29, 0.717) is 15.5 Å². The first-order chi connectivity index (χ1) is 6.61. The highest BCUT2D eigenvalue weighted by molar-refractivity contribution is 14.1. The number of hydrogen-bond acceptors (Lipinski definition) is 3. The summed E-state index contributed by atoms with van der Waals surface area (Å²) >= 11 is 3.21. The lowest BCUT2D eigenvalue weighted by Crippen LogP contribution is -2.30. The third-order valence-electron chi connectivity index (χ3n) is 1.93. The van der Waals surface area contributed by atoms with Crippen LogP contribution in [0.15, 0.2) is 17.5 Å². The maximum Gasteiger partial charge on any atom is 0.489 e. The lowest BCUT2D eigenvalue weighted by atomic mass is 9.80. The average molecular weight is 322 g/mol. The Hall–Kier alpha value is -0.175. The molecule has 0 aliphatic heterocycles. The molecule has 14 heavy (non-hydrogen) atoms. The molecule has 0 unspecified atom stereocenters. The van der Waals surface area contributed by atoms with Crippen LogP contribution in [0.2, 0.25) is 0 Å². The number of rotatable bonds is 1. The molecule has 2 nitrogen and oxygen atoms in total. The van der Waals surface area contributed by atoms with Gasteiger partial charge >= 0.3 is 7.12 Å². The van der Waals surface area contributed by atoms with Gasteiger partial charge in [-0.25, -0.2) is 4.39 Å². The van der Waals surface area contributed by atoms with Crippen LogP contribution < -0.4 is 5.46 Å². The van der Waals surface area contributed by atoms with E-state index < -0.39 is 7.12 Å². The summed E-state index contributed by atoms with van der Waals surface area (Å²) in [5.74, 6) is -0.308. The Bertz CT molecular complexity index is 485. The standard InChI is InChI=1S/C8H5BFIO2S/c10-5-3-14-8-4(9(12)13)1-2-6(11)7(5)8/h1-3,12-13H. The maximum absolute atomic E-state index is 13.3. The molecule has 0 spiro atoms. The van der Waals surface area contributed by atoms with Crippen molar-refractivity contribution in [2.24, 2.45) is 0 Å². The summed E-state index contributed by atoms with van der Waals surface area (Å²) in [6.45, 7) is 0. The van der Waals surface area contributed by atoms with E-state index in [1.54, 1.807) is 12.1 Å². The van der Waals surface area contributed by atoms with Gasteiger partial charge in [0.1, 0.15) is 5.82 Å². The predicted octanol–water partition coefficient (Wildman–Crippen LogP) is 1.32. The molecule has 1 aromatic heterocycles. The molecule has 1 heterocycles. The van der Waals surface area contributed by atoms with Gasteiger partial charge in [-0.05, 0) is 28.7 Å². The normalized spacial score (nSPS) is 10.9. The second kappa shape index (κ2) is 3.76. The molecule has 6 heteroatoms. The van der Waals surface area contributed by atoms with Crippen molar-refractivity contribution < 1.29 is 14.4 Å². The van der Waals surface area contributed by atoms with Crippen LogP contribution in [0.25, 0.3) is 10.1 Å². The highest BCUT2D eigenvalue weighted by Crippen LogP contribution is 2.27. The minimum atomic E-state index is -1.55. The zero-order valence-electron chi connectivity index (χ0n) is 6.87. The molecule has 72 valence electrons. The second-order valence-corrected chi connectivity index (χ2v) is 4.84. The monoisotopic (exact) mass is 322 g/mol. The van der Waals surface area contributed by atoms with E-state index in [1.165, 1.54) is 16.7 Å². The number of hydrogen-bond donors (Lipinski definition) is 2. The van der Waals surface area contributed by atoms with Gasteiger partial charge in [-0.3, -0.25) is 0 Å². The predicted molar refractivity (Wildman–Crippen MR) is 64.3 cm³/mol. The molecule has 0 saturated carbocycles. The summed E-state index contributed by atoms with van der Waals surface area (Å²) in [7, 11) is -1.55. The molecule has 0 bridgehead atoms. The second-order valence-electron chi connectivity index (χ2n) is 2.80. The van der Waals surface area contributed by atoms with Gasteiger partial charge in [0.2, 0.25) is 0 Å². The van der Waals surface area contributed by atoms with Crippen LogP contribution in [-0.2, 0) is 0 Å². The van der Waals surface area contributed by atoms with E-state index in [9.17, 15) is 4.39 Å². The molecule has 0 amide bonds. The van der Waals surface area contributed by atoms with E-state index in [0.717, 1.165) is 3.57 Å². The van der Waals surface area contributed by atoms with Crippen LogP contribution in [0.3, 0.4) is 0 Å². The van der Waals surface area contributed by atoms with Gasteiger partial charge in [0, 0.05) is 24.5 Å². The van der Waals surface area contributed by atoms with E-state index in [2.05, 4.69) is 0 Å². The maximum atomic E-state index is 13.3. The number of halogens is 2. The van der Waals surface area contributed by atoms with Crippen molar-refractivity contribution >= 4 is 56.6 Å². The molecule has 0 aliphatic rings. The van der Waals surface area contributed by atoms with Gasteiger partial charge < -0.3 is 10.0 Å². The van der Waals surface area contributed by atoms with Crippen LogP contribution in [0, 0.1) is 9.39 Å². The smallest absolute Gasteiger partial charge is 0.423 e. The van der Waals surface area contributed by atoms with Crippen molar-refractivity contribution in [3.05, 3.63) is 26.9 Å². The van der Waals surface area contributed by atoms with E-state index >= 15 is 0 Å². The van der Waals surface area contributed by atoms with Crippen LogP contribution >= 0.6 is 33.9 Å². The topological polar surface area (TPSA) is 40.5 Å². The number of fused-ring (bicyclic) bond motifs is 1. The summed E-state index contributed by atoms with van der Waals surface area (Å²) in [5, 5.41) is 20.0. The Labute approximate surface area is 97.7 Å². The summed E-state index contributed by atoms with van der Waals surface area (Å²) < 4.78 is 14.7. The molecule has 2 rings (SSSR count). The molecular formula is C8H5BFIO2S. The van der Waals surface area contributed by atoms with Crippen molar-refractivity contribution in [2.75, 3.05) is 0 Å². The quantitative estimate of drug-likeness (QED) is 0.614. The summed E-state index contributed by atoms with van der Waals surface area (Å²) in [4.78, 5) is 0. The number of benzene rings is 1. The van der Waals surface area contributed by atoms with Gasteiger partial charge in [0.15, 0.2) is 0 Å². The minimum absolute atomic E-state index is 0.308. The molecule has 2 aromatic rings. The first kappa shape index (κ1) is 10.3. The fourth-order valence-corrected chi connectivity index (χ4v) is 3.16. The van der Waals surface area contributed by atoms with Crippen LogP contribution in [0.5, 0.6) is 0 Å². The van der Waals surface area contributed by atoms with Crippen LogP contribution in [-0.4, -0.2) is 17.2 Å². The fourth-order valence-electron chi connectivity index (χ4n) is 1.30. The summed E-state index contributed by atoms with van der Waals surface area (Å²) in [6, 6.07) is 3.28. The van der Waals surface area contributed by atoms with Crippen LogP contribution in [0.4, 0.5) is 4.39 Å². The molecule has 0 saturated heterocycles. The van der Waals surface area contributed by atoms with Crippen molar-refractivity contribution in [3.63, 3.8) is 0 Å². The molecule has 0 radical (unpaired) electrons. The first-order valence-electron chi connectivity index (χ1n) is 3.82. The molecule has 0 aliphatic carbocycles. The third kappa shape index (κ3) is 1.56. The summed E-state index contributed by atoms with van der Waals surface area (Å²) in [6.07, 6.45) is 0. The lowest BCUT2D eigenvalue weighted by molar-refractivity contribution is 0.426. The lowest BCUT2D eigenvalue weighted by Gasteiger charge is -2.02. The van der Waals surface area contributed by atoms with Gasteiger partial charge in [0.25, 0.3) is 0 Å². The summed E-state index contributed by atoms with van der Waals surface area (Å²) in [5.41, 5.74) is 0.356. The van der Waals surface area contributed by atoms with Crippen LogP contribution in [0.1, 0.15) is 0 Å². The highest BCUT2D eigenvalue weighted by Gasteiger charge is 2.18. The number of thiophene rings is 1. The van der Waals surface area contributed by atoms with E-state index in [1.807, 2.05) is 22.6 Å². The van der Waals surface area contributed by atoms with Gasteiger partial charge in [-0.15, -0.1) is 11.3 Å². The Kier molecular flexibility index (Phi) is 2.78. The van der Waals surface area contributed by atoms with Crippen molar-refractivity contribution in [1.82, 2.24) is 0 Å². The Morgan fingerprint density at radius 1 is 1.36 bits per heavy atom. The zero-order valence-corrected chi connectivity index (χ0v) is 9.84. The largest absolute Gasteiger partial charge is 0.489 e. The Morgan fingerprint density at radius 2 is 2.07 bits per heavy atom. The molecule has 1 aromatic carbocycles. The van der Waals surface area contributed by atoms with Crippen molar-refractivity contribution in [3.8, 4) is 0 Å². The highest BCUT2D eigenvalue weighted by atomic mass is 127. The van der Waals surface area contributed by atoms with Gasteiger partial charge in [-0.1, -0.05) is 6.07 Å². The Morgan fingerprint density at radius 3 is 2.71 bits per heavy atom. The van der Waals surface area contributed by atoms with Gasteiger partial charge in [-0.2, -0.15) is 0 Å². The molecule has 0 fully saturated rings. The first-order valence-corrected chi connectivity index (χ1v) is 5.78. The van der Waals surface area contributed by atoms with Gasteiger partial charge in [0.05, 0.1) is 0 Å². The van der Waals surface area contributed by atoms with Crippen molar-refractivity contribution in [1.29, 1.82) is 0 Å². The minimum Gasteiger partial charge on any atom is -0.423 e. The third-order valence-corrected chi connectivity index (χ3v) is 3.83. The zero-order chi connectivity index (χ0) is 10.3. The average Bonchev–Trinajstić information content (AvgIpc) is 2.49. The van der Waals surface area contributed by atoms with Crippen molar-refractivity contribution in [2.45, 2.75) is 0 Å². The Balaban J connectivity index is 2.83. The molecule has 2 N–H and O–H groups in total. The SMILES string of the molecule is OB(O)c1ccc(I)c2c(F)csc12. The van der Waals surface area contributed by atoms with E-state index in [4.69, 9.17) is 10.0 Å².